The fourth-order valence-electron chi connectivity index (χ4n) is 3.31. The van der Waals surface area contributed by atoms with Crippen LogP contribution in [0, 0.1) is 0 Å². The molecule has 0 aliphatic carbocycles. The van der Waals surface area contributed by atoms with Gasteiger partial charge in [-0.15, -0.1) is 0 Å². The second-order valence-corrected chi connectivity index (χ2v) is 8.30. The number of rotatable bonds is 5. The minimum absolute atomic E-state index is 0.186. The Morgan fingerprint density at radius 3 is 2.39 bits per heavy atom. The van der Waals surface area contributed by atoms with Gasteiger partial charge in [-0.1, -0.05) is 45.0 Å². The molecule has 0 bridgehead atoms. The predicted molar refractivity (Wildman–Crippen MR) is 115 cm³/mol. The normalized spacial score (nSPS) is 16.0. The number of hydrogen-bond donors (Lipinski definition) is 2. The number of nitrogens with one attached hydrogen (secondary N) is 2. The first-order valence-corrected chi connectivity index (χ1v) is 10.3. The molecule has 1 heterocycles. The van der Waals surface area contributed by atoms with Crippen molar-refractivity contribution in [1.29, 1.82) is 0 Å². The van der Waals surface area contributed by atoms with E-state index >= 15 is 0 Å². The summed E-state index contributed by atoms with van der Waals surface area (Å²) >= 11 is 0. The Hall–Kier alpha value is -2.24. The molecule has 0 radical (unpaired) electrons. The first kappa shape index (κ1) is 22.1. The average Bonchev–Trinajstić information content (AvgIpc) is 2.67. The van der Waals surface area contributed by atoms with Crippen LogP contribution in [0.15, 0.2) is 29.3 Å². The Labute approximate surface area is 169 Å². The maximum atomic E-state index is 11.8. The van der Waals surface area contributed by atoms with Crippen LogP contribution >= 0.6 is 0 Å². The number of piperidine rings is 1. The monoisotopic (exact) mass is 388 g/mol. The van der Waals surface area contributed by atoms with Gasteiger partial charge >= 0.3 is 6.09 Å². The van der Waals surface area contributed by atoms with Crippen molar-refractivity contribution in [2.24, 2.45) is 4.99 Å². The first-order valence-electron chi connectivity index (χ1n) is 10.3. The van der Waals surface area contributed by atoms with Crippen molar-refractivity contribution in [2.45, 2.75) is 58.4 Å². The lowest BCUT2D eigenvalue weighted by Crippen LogP contribution is -2.50. The highest BCUT2D eigenvalue weighted by molar-refractivity contribution is 5.80. The summed E-state index contributed by atoms with van der Waals surface area (Å²) in [6.45, 7) is 11.2. The molecule has 1 aliphatic rings. The zero-order valence-corrected chi connectivity index (χ0v) is 18.0. The average molecular weight is 389 g/mol. The number of carbonyl (C=O) groups excluding carboxylic acids is 1. The van der Waals surface area contributed by atoms with Crippen molar-refractivity contribution in [3.63, 3.8) is 0 Å². The van der Waals surface area contributed by atoms with E-state index in [1.807, 2.05) is 6.92 Å². The van der Waals surface area contributed by atoms with Crippen LogP contribution < -0.4 is 10.6 Å². The third-order valence-corrected chi connectivity index (χ3v) is 5.11. The van der Waals surface area contributed by atoms with Gasteiger partial charge in [0.05, 0.1) is 6.61 Å². The Morgan fingerprint density at radius 1 is 1.21 bits per heavy atom. The van der Waals surface area contributed by atoms with E-state index in [1.54, 1.807) is 11.9 Å². The molecule has 1 saturated heterocycles. The molecule has 0 unspecified atom stereocenters. The zero-order chi connectivity index (χ0) is 20.6. The van der Waals surface area contributed by atoms with Crippen molar-refractivity contribution >= 4 is 12.1 Å². The molecule has 0 atom stereocenters. The fourth-order valence-corrected chi connectivity index (χ4v) is 3.31. The van der Waals surface area contributed by atoms with Crippen molar-refractivity contribution in [3.05, 3.63) is 35.4 Å². The number of ether oxygens (including phenoxy) is 1. The lowest BCUT2D eigenvalue weighted by molar-refractivity contribution is 0.0963. The summed E-state index contributed by atoms with van der Waals surface area (Å²) in [5.41, 5.74) is 2.86. The van der Waals surface area contributed by atoms with E-state index in [1.165, 1.54) is 11.1 Å². The summed E-state index contributed by atoms with van der Waals surface area (Å²) in [6.07, 6.45) is 2.54. The topological polar surface area (TPSA) is 66.0 Å². The SMILES string of the molecule is CCOC(=O)N1CCC(NC(=NC)NCCc2ccc(C(C)(C)C)cc2)CC1. The van der Waals surface area contributed by atoms with Crippen LogP contribution in [0.2, 0.25) is 0 Å². The molecule has 0 spiro atoms. The van der Waals surface area contributed by atoms with Crippen molar-refractivity contribution in [1.82, 2.24) is 15.5 Å². The fraction of sp³-hybridized carbons (Fsp3) is 0.636. The smallest absolute Gasteiger partial charge is 0.409 e. The van der Waals surface area contributed by atoms with Gasteiger partial charge in [-0.25, -0.2) is 4.79 Å². The minimum atomic E-state index is -0.207. The predicted octanol–water partition coefficient (Wildman–Crippen LogP) is 3.31. The minimum Gasteiger partial charge on any atom is -0.450 e. The Bertz CT molecular complexity index is 641. The highest BCUT2D eigenvalue weighted by atomic mass is 16.6. The van der Waals surface area contributed by atoms with E-state index in [-0.39, 0.29) is 11.5 Å². The van der Waals surface area contributed by atoms with Gasteiger partial charge in [-0.05, 0) is 42.7 Å². The number of carbonyl (C=O) groups is 1. The van der Waals surface area contributed by atoms with Crippen LogP contribution in [0.3, 0.4) is 0 Å². The Balaban J connectivity index is 1.73. The summed E-state index contributed by atoms with van der Waals surface area (Å²) in [5.74, 6) is 0.820. The van der Waals surface area contributed by atoms with Crippen LogP contribution in [-0.2, 0) is 16.6 Å². The number of guanidine groups is 1. The van der Waals surface area contributed by atoms with Gasteiger partial charge in [0.25, 0.3) is 0 Å². The van der Waals surface area contributed by atoms with Crippen LogP contribution in [0.25, 0.3) is 0 Å². The van der Waals surface area contributed by atoms with Crippen molar-refractivity contribution in [3.8, 4) is 0 Å². The molecule has 6 heteroatoms. The number of hydrogen-bond acceptors (Lipinski definition) is 3. The standard InChI is InChI=1S/C22H36N4O2/c1-6-28-21(27)26-15-12-19(13-16-26)25-20(23-5)24-14-11-17-7-9-18(10-8-17)22(2,3)4/h7-10,19H,6,11-16H2,1-5H3,(H2,23,24,25). The molecule has 1 aromatic carbocycles. The number of amides is 1. The highest BCUT2D eigenvalue weighted by Crippen LogP contribution is 2.22. The molecule has 1 aliphatic heterocycles. The van der Waals surface area contributed by atoms with E-state index < -0.39 is 0 Å². The lowest BCUT2D eigenvalue weighted by Gasteiger charge is -2.32. The summed E-state index contributed by atoms with van der Waals surface area (Å²) in [5, 5.41) is 6.87. The van der Waals surface area contributed by atoms with Gasteiger partial charge in [0.1, 0.15) is 0 Å². The van der Waals surface area contributed by atoms with Crippen LogP contribution in [0.1, 0.15) is 51.7 Å². The number of aliphatic imine (C=N–C) groups is 1. The number of benzene rings is 1. The van der Waals surface area contributed by atoms with Crippen LogP contribution in [0.4, 0.5) is 4.79 Å². The van der Waals surface area contributed by atoms with Crippen LogP contribution in [0.5, 0.6) is 0 Å². The Kier molecular flexibility index (Phi) is 8.15. The third kappa shape index (κ3) is 6.73. The third-order valence-electron chi connectivity index (χ3n) is 5.11. The van der Waals surface area contributed by atoms with E-state index in [4.69, 9.17) is 4.74 Å². The maximum Gasteiger partial charge on any atom is 0.409 e. The molecular formula is C22H36N4O2. The van der Waals surface area contributed by atoms with E-state index in [0.29, 0.717) is 25.7 Å². The van der Waals surface area contributed by atoms with Crippen LogP contribution in [-0.4, -0.2) is 56.3 Å². The molecule has 2 N–H and O–H groups in total. The van der Waals surface area contributed by atoms with Gasteiger partial charge < -0.3 is 20.3 Å². The largest absolute Gasteiger partial charge is 0.450 e. The molecule has 1 amide bonds. The second kappa shape index (κ2) is 10.3. The van der Waals surface area contributed by atoms with E-state index in [9.17, 15) is 4.79 Å². The van der Waals surface area contributed by atoms with Gasteiger partial charge in [-0.2, -0.15) is 0 Å². The van der Waals surface area contributed by atoms with Gasteiger partial charge in [0.15, 0.2) is 5.96 Å². The molecule has 156 valence electrons. The molecule has 2 rings (SSSR count). The van der Waals surface area contributed by atoms with E-state index in [0.717, 1.165) is 31.8 Å². The molecule has 1 fully saturated rings. The van der Waals surface area contributed by atoms with Gasteiger partial charge in [0, 0.05) is 32.7 Å². The maximum absolute atomic E-state index is 11.8. The second-order valence-electron chi connectivity index (χ2n) is 8.30. The molecular weight excluding hydrogens is 352 g/mol. The molecule has 28 heavy (non-hydrogen) atoms. The lowest BCUT2D eigenvalue weighted by atomic mass is 9.86. The molecule has 6 nitrogen and oxygen atoms in total. The quantitative estimate of drug-likeness (QED) is 0.600. The summed E-state index contributed by atoms with van der Waals surface area (Å²) in [6, 6.07) is 9.19. The Morgan fingerprint density at radius 2 is 1.86 bits per heavy atom. The molecule has 0 saturated carbocycles. The van der Waals surface area contributed by atoms with Gasteiger partial charge in [0.2, 0.25) is 0 Å². The summed E-state index contributed by atoms with van der Waals surface area (Å²) in [7, 11) is 1.79. The summed E-state index contributed by atoms with van der Waals surface area (Å²) in [4.78, 5) is 17.9. The highest BCUT2D eigenvalue weighted by Gasteiger charge is 2.24. The van der Waals surface area contributed by atoms with E-state index in [2.05, 4.69) is 60.7 Å². The number of likely N-dealkylation sites (tertiary alicyclic amines) is 1. The zero-order valence-electron chi connectivity index (χ0n) is 18.0. The summed E-state index contributed by atoms with van der Waals surface area (Å²) < 4.78 is 5.07. The van der Waals surface area contributed by atoms with Crippen molar-refractivity contribution in [2.75, 3.05) is 33.3 Å². The van der Waals surface area contributed by atoms with Gasteiger partial charge in [-0.3, -0.25) is 4.99 Å². The van der Waals surface area contributed by atoms with Crippen molar-refractivity contribution < 1.29 is 9.53 Å². The molecule has 1 aromatic rings. The molecule has 0 aromatic heterocycles. The number of nitrogens with zero attached hydrogens (tertiary/aromatic N) is 2. The first-order chi connectivity index (χ1) is 13.3.